The van der Waals surface area contributed by atoms with E-state index in [-0.39, 0.29) is 0 Å². The van der Waals surface area contributed by atoms with Crippen LogP contribution in [0.5, 0.6) is 5.75 Å². The zero-order chi connectivity index (χ0) is 16.6. The Morgan fingerprint density at radius 2 is 1.72 bits per heavy atom. The van der Waals surface area contributed by atoms with Gasteiger partial charge in [-0.3, -0.25) is 4.90 Å². The first-order valence-corrected chi connectivity index (χ1v) is 9.45. The van der Waals surface area contributed by atoms with E-state index < -0.39 is 0 Å². The average Bonchev–Trinajstić information content (AvgIpc) is 3.12. The number of piperidine rings is 1. The molecule has 3 aliphatic heterocycles. The normalized spacial score (nSPS) is 23.5. The fourth-order valence-electron chi connectivity index (χ4n) is 4.67. The second kappa shape index (κ2) is 6.26. The van der Waals surface area contributed by atoms with Crippen LogP contribution in [-0.2, 0) is 0 Å². The summed E-state index contributed by atoms with van der Waals surface area (Å²) in [7, 11) is 0. The third-order valence-corrected chi connectivity index (χ3v) is 5.96. The average molecular weight is 335 g/mol. The first kappa shape index (κ1) is 15.1. The van der Waals surface area contributed by atoms with Crippen molar-refractivity contribution >= 4 is 11.4 Å². The van der Waals surface area contributed by atoms with Crippen LogP contribution in [0.25, 0.3) is 0 Å². The van der Waals surface area contributed by atoms with E-state index in [0.717, 1.165) is 25.4 Å². The molecular weight excluding hydrogens is 310 g/mol. The predicted octanol–water partition coefficient (Wildman–Crippen LogP) is 3.86. The Kier molecular flexibility index (Phi) is 3.78. The van der Waals surface area contributed by atoms with Crippen LogP contribution in [-0.4, -0.2) is 37.3 Å². The number of fused-ring (bicyclic) bond motifs is 2. The number of hydrogen-bond acceptors (Lipinski definition) is 4. The Labute approximate surface area is 149 Å². The minimum atomic E-state index is 0.523. The van der Waals surface area contributed by atoms with Crippen molar-refractivity contribution < 1.29 is 4.74 Å². The smallest absolute Gasteiger partial charge is 0.124 e. The molecule has 4 nitrogen and oxygen atoms in total. The summed E-state index contributed by atoms with van der Waals surface area (Å²) < 4.78 is 5.84. The maximum absolute atomic E-state index is 5.84. The molecule has 1 saturated heterocycles. The molecule has 1 unspecified atom stereocenters. The standard InChI is InChI=1S/C21H25N3O/c1-4-8-21-17(5-1)19(11-14-25-21)23-12-9-16(10-13-23)24-15-22-18-6-2-3-7-20(18)24/h1-8,16,19,22H,9-15H2. The number of nitrogens with one attached hydrogen (secondary N) is 1. The first-order chi connectivity index (χ1) is 12.4. The Hall–Kier alpha value is -2.20. The lowest BCUT2D eigenvalue weighted by Crippen LogP contribution is -2.46. The van der Waals surface area contributed by atoms with Gasteiger partial charge in [-0.1, -0.05) is 30.3 Å². The fraction of sp³-hybridized carbons (Fsp3) is 0.429. The van der Waals surface area contributed by atoms with Gasteiger partial charge in [0.25, 0.3) is 0 Å². The molecule has 0 radical (unpaired) electrons. The van der Waals surface area contributed by atoms with Gasteiger partial charge in [0, 0.05) is 37.2 Å². The van der Waals surface area contributed by atoms with E-state index in [1.807, 2.05) is 0 Å². The lowest BCUT2D eigenvalue weighted by atomic mass is 9.95. The number of benzene rings is 2. The van der Waals surface area contributed by atoms with Gasteiger partial charge >= 0.3 is 0 Å². The maximum Gasteiger partial charge on any atom is 0.124 e. The largest absolute Gasteiger partial charge is 0.493 e. The lowest BCUT2D eigenvalue weighted by Gasteiger charge is -2.42. The van der Waals surface area contributed by atoms with Gasteiger partial charge in [0.05, 0.1) is 24.7 Å². The molecule has 5 rings (SSSR count). The van der Waals surface area contributed by atoms with Gasteiger partial charge in [-0.05, 0) is 31.0 Å². The van der Waals surface area contributed by atoms with Crippen LogP contribution in [0.2, 0.25) is 0 Å². The summed E-state index contributed by atoms with van der Waals surface area (Å²) in [6, 6.07) is 18.4. The Bertz CT molecular complexity index is 754. The van der Waals surface area contributed by atoms with Crippen molar-refractivity contribution in [2.45, 2.75) is 31.3 Å². The highest BCUT2D eigenvalue weighted by Crippen LogP contribution is 2.39. The third-order valence-electron chi connectivity index (χ3n) is 5.96. The van der Waals surface area contributed by atoms with Crippen LogP contribution in [0.1, 0.15) is 30.9 Å². The number of hydrogen-bond donors (Lipinski definition) is 1. The zero-order valence-corrected chi connectivity index (χ0v) is 14.5. The van der Waals surface area contributed by atoms with Crippen molar-refractivity contribution in [1.82, 2.24) is 4.90 Å². The summed E-state index contributed by atoms with van der Waals surface area (Å²) in [5, 5.41) is 3.53. The molecule has 1 fully saturated rings. The molecule has 25 heavy (non-hydrogen) atoms. The lowest BCUT2D eigenvalue weighted by molar-refractivity contribution is 0.112. The van der Waals surface area contributed by atoms with Crippen LogP contribution in [0.15, 0.2) is 48.5 Å². The number of para-hydroxylation sites is 3. The molecule has 0 bridgehead atoms. The molecular formula is C21H25N3O. The summed E-state index contributed by atoms with van der Waals surface area (Å²) in [4.78, 5) is 5.23. The second-order valence-corrected chi connectivity index (χ2v) is 7.28. The maximum atomic E-state index is 5.84. The van der Waals surface area contributed by atoms with Crippen LogP contribution >= 0.6 is 0 Å². The molecule has 0 spiro atoms. The molecule has 4 heteroatoms. The van der Waals surface area contributed by atoms with E-state index in [9.17, 15) is 0 Å². The van der Waals surface area contributed by atoms with E-state index >= 15 is 0 Å². The highest BCUT2D eigenvalue weighted by molar-refractivity contribution is 5.74. The number of nitrogens with zero attached hydrogens (tertiary/aromatic N) is 2. The first-order valence-electron chi connectivity index (χ1n) is 9.45. The minimum Gasteiger partial charge on any atom is -0.493 e. The van der Waals surface area contributed by atoms with Crippen LogP contribution < -0.4 is 15.0 Å². The quantitative estimate of drug-likeness (QED) is 0.902. The summed E-state index contributed by atoms with van der Waals surface area (Å²) in [6.07, 6.45) is 3.57. The van der Waals surface area contributed by atoms with Gasteiger partial charge in [-0.2, -0.15) is 0 Å². The van der Waals surface area contributed by atoms with Gasteiger partial charge in [0.15, 0.2) is 0 Å². The van der Waals surface area contributed by atoms with Crippen LogP contribution in [0, 0.1) is 0 Å². The van der Waals surface area contributed by atoms with E-state index in [4.69, 9.17) is 4.74 Å². The molecule has 130 valence electrons. The Balaban J connectivity index is 1.29. The van der Waals surface area contributed by atoms with E-state index in [1.165, 1.54) is 42.9 Å². The zero-order valence-electron chi connectivity index (χ0n) is 14.5. The highest BCUT2D eigenvalue weighted by Gasteiger charge is 2.33. The molecule has 3 heterocycles. The van der Waals surface area contributed by atoms with Gasteiger partial charge in [-0.15, -0.1) is 0 Å². The van der Waals surface area contributed by atoms with Crippen LogP contribution in [0.3, 0.4) is 0 Å². The van der Waals surface area contributed by atoms with Crippen molar-refractivity contribution in [3.63, 3.8) is 0 Å². The summed E-state index contributed by atoms with van der Waals surface area (Å²) in [5.41, 5.74) is 4.03. The number of rotatable bonds is 2. The fourth-order valence-corrected chi connectivity index (χ4v) is 4.67. The molecule has 1 N–H and O–H groups in total. The highest BCUT2D eigenvalue weighted by atomic mass is 16.5. The van der Waals surface area contributed by atoms with Crippen LogP contribution in [0.4, 0.5) is 11.4 Å². The monoisotopic (exact) mass is 335 g/mol. The molecule has 3 aliphatic rings. The summed E-state index contributed by atoms with van der Waals surface area (Å²) in [5.74, 6) is 1.08. The van der Waals surface area contributed by atoms with E-state index in [2.05, 4.69) is 63.6 Å². The summed E-state index contributed by atoms with van der Waals surface area (Å²) >= 11 is 0. The SMILES string of the molecule is c1ccc2c(c1)NCN2C1CCN(C2CCOc3ccccc32)CC1. The third kappa shape index (κ3) is 2.65. The van der Waals surface area contributed by atoms with Crippen molar-refractivity contribution in [3.8, 4) is 5.75 Å². The predicted molar refractivity (Wildman–Crippen MR) is 101 cm³/mol. The number of anilines is 2. The van der Waals surface area contributed by atoms with Gasteiger partial charge in [0.2, 0.25) is 0 Å². The number of ether oxygens (including phenoxy) is 1. The Morgan fingerprint density at radius 1 is 0.920 bits per heavy atom. The topological polar surface area (TPSA) is 27.7 Å². The minimum absolute atomic E-state index is 0.523. The van der Waals surface area contributed by atoms with E-state index in [0.29, 0.717) is 12.1 Å². The van der Waals surface area contributed by atoms with Gasteiger partial charge in [-0.25, -0.2) is 0 Å². The molecule has 0 aromatic heterocycles. The van der Waals surface area contributed by atoms with Gasteiger partial charge < -0.3 is 15.0 Å². The molecule has 0 aliphatic carbocycles. The van der Waals surface area contributed by atoms with Crippen molar-refractivity contribution in [1.29, 1.82) is 0 Å². The molecule has 2 aromatic rings. The van der Waals surface area contributed by atoms with Crippen molar-refractivity contribution in [3.05, 3.63) is 54.1 Å². The molecule has 1 atom stereocenters. The number of likely N-dealkylation sites (tertiary alicyclic amines) is 1. The second-order valence-electron chi connectivity index (χ2n) is 7.28. The Morgan fingerprint density at radius 3 is 2.64 bits per heavy atom. The van der Waals surface area contributed by atoms with Gasteiger partial charge in [0.1, 0.15) is 5.75 Å². The summed E-state index contributed by atoms with van der Waals surface area (Å²) in [6.45, 7) is 4.12. The molecule has 0 saturated carbocycles. The van der Waals surface area contributed by atoms with Crippen molar-refractivity contribution in [2.24, 2.45) is 0 Å². The molecule has 0 amide bonds. The van der Waals surface area contributed by atoms with Crippen molar-refractivity contribution in [2.75, 3.05) is 36.6 Å². The van der Waals surface area contributed by atoms with E-state index in [1.54, 1.807) is 0 Å². The molecule has 2 aromatic carbocycles.